The van der Waals surface area contributed by atoms with Crippen LogP contribution in [0.4, 0.5) is 0 Å². The summed E-state index contributed by atoms with van der Waals surface area (Å²) in [5, 5.41) is 2.28. The first-order chi connectivity index (χ1) is 12.6. The molecular weight excluding hydrogens is 320 g/mol. The molecule has 0 unspecified atom stereocenters. The summed E-state index contributed by atoms with van der Waals surface area (Å²) < 4.78 is 4.32. The Balaban J connectivity index is 1.77. The molecule has 0 spiro atoms. The molecule has 0 atom stereocenters. The van der Waals surface area contributed by atoms with Gasteiger partial charge in [0.15, 0.2) is 0 Å². The molecule has 0 N–H and O–H groups in total. The largest absolute Gasteiger partial charge is 0.350 e. The second kappa shape index (κ2) is 5.56. The highest BCUT2D eigenvalue weighted by Crippen LogP contribution is 2.19. The zero-order chi connectivity index (χ0) is 17.7. The second-order valence-corrected chi connectivity index (χ2v) is 6.72. The van der Waals surface area contributed by atoms with Gasteiger partial charge in [-0.3, -0.25) is 0 Å². The Hall–Kier alpha value is -3.40. The van der Waals surface area contributed by atoms with E-state index < -0.39 is 0 Å². The van der Waals surface area contributed by atoms with Gasteiger partial charge in [0.1, 0.15) is 0 Å². The van der Waals surface area contributed by atoms with E-state index in [-0.39, 0.29) is 0 Å². The standard InChI is InChI=1S/C22H18N4/c1-25-14-15-9-16-3-4-17(23-16)11-18-5-6-19(24-18)12-20-7-8-21(26(20)2)13-22(25)10-15/h3-14H,1-2H3. The van der Waals surface area contributed by atoms with Crippen molar-refractivity contribution in [3.8, 4) is 0 Å². The quantitative estimate of drug-likeness (QED) is 0.706. The van der Waals surface area contributed by atoms with Gasteiger partial charge in [0.05, 0.1) is 22.8 Å². The summed E-state index contributed by atoms with van der Waals surface area (Å²) in [6.07, 6.45) is 18.7. The van der Waals surface area contributed by atoms with E-state index in [1.807, 2.05) is 30.4 Å². The van der Waals surface area contributed by atoms with E-state index in [0.717, 1.165) is 44.8 Å². The summed E-state index contributed by atoms with van der Waals surface area (Å²) in [7, 11) is 4.15. The minimum absolute atomic E-state index is 0.927. The number of nitrogens with zero attached hydrogens (tertiary/aromatic N) is 4. The van der Waals surface area contributed by atoms with Crippen LogP contribution in [0.3, 0.4) is 0 Å². The van der Waals surface area contributed by atoms with Crippen LogP contribution < -0.4 is 10.7 Å². The molecule has 4 nitrogen and oxygen atoms in total. The van der Waals surface area contributed by atoms with Crippen molar-refractivity contribution in [1.82, 2.24) is 9.13 Å². The zero-order valence-electron chi connectivity index (χ0n) is 14.7. The molecule has 4 heteroatoms. The highest BCUT2D eigenvalue weighted by atomic mass is 14.9. The fraction of sp³-hybridized carbons (Fsp3) is 0.0909. The van der Waals surface area contributed by atoms with E-state index >= 15 is 0 Å². The van der Waals surface area contributed by atoms with Crippen molar-refractivity contribution in [3.05, 3.63) is 88.1 Å². The molecule has 0 radical (unpaired) electrons. The lowest BCUT2D eigenvalue weighted by Crippen LogP contribution is -2.24. The summed E-state index contributed by atoms with van der Waals surface area (Å²) in [6, 6.07) is 6.45. The maximum Gasteiger partial charge on any atom is 0.0659 e. The second-order valence-electron chi connectivity index (χ2n) is 6.72. The van der Waals surface area contributed by atoms with Gasteiger partial charge in [-0.25, -0.2) is 9.98 Å². The van der Waals surface area contributed by atoms with Crippen LogP contribution in [-0.4, -0.2) is 20.6 Å². The summed E-state index contributed by atoms with van der Waals surface area (Å²) >= 11 is 0. The van der Waals surface area contributed by atoms with Crippen LogP contribution in [0.25, 0.3) is 18.2 Å². The molecule has 8 bridgehead atoms. The van der Waals surface area contributed by atoms with E-state index in [9.17, 15) is 0 Å². The highest BCUT2D eigenvalue weighted by molar-refractivity contribution is 6.19. The topological polar surface area (TPSA) is 34.6 Å². The van der Waals surface area contributed by atoms with Gasteiger partial charge < -0.3 is 9.13 Å². The molecule has 0 aliphatic carbocycles. The molecule has 3 aliphatic heterocycles. The molecule has 2 aromatic rings. The van der Waals surface area contributed by atoms with Crippen LogP contribution in [-0.2, 0) is 14.1 Å². The van der Waals surface area contributed by atoms with Gasteiger partial charge in [0, 0.05) is 36.7 Å². The SMILES string of the molecule is Cn1cc2cc1C=c1ccc(n1C)=CC1=NC(=CC3=NC(=C2)C=C3)C=C1. The first-order valence-electron chi connectivity index (χ1n) is 8.63. The Morgan fingerprint density at radius 2 is 1.38 bits per heavy atom. The third kappa shape index (κ3) is 2.56. The first kappa shape index (κ1) is 14.9. The van der Waals surface area contributed by atoms with Crippen LogP contribution in [0.15, 0.2) is 76.2 Å². The number of hydrogen-bond donors (Lipinski definition) is 0. The summed E-state index contributed by atoms with van der Waals surface area (Å²) in [6.45, 7) is 0. The van der Waals surface area contributed by atoms with Crippen LogP contribution in [0, 0.1) is 0 Å². The molecule has 3 aliphatic rings. The fourth-order valence-corrected chi connectivity index (χ4v) is 3.40. The third-order valence-corrected chi connectivity index (χ3v) is 4.83. The number of hydrogen-bond acceptors (Lipinski definition) is 2. The lowest BCUT2D eigenvalue weighted by atomic mass is 10.2. The number of aromatic nitrogens is 2. The Labute approximate surface area is 151 Å². The lowest BCUT2D eigenvalue weighted by molar-refractivity contribution is 0.855. The van der Waals surface area contributed by atoms with E-state index in [2.05, 4.69) is 75.8 Å². The van der Waals surface area contributed by atoms with Crippen molar-refractivity contribution in [2.75, 3.05) is 0 Å². The fourth-order valence-electron chi connectivity index (χ4n) is 3.40. The molecule has 26 heavy (non-hydrogen) atoms. The minimum Gasteiger partial charge on any atom is -0.350 e. The van der Waals surface area contributed by atoms with Crippen molar-refractivity contribution in [2.24, 2.45) is 24.1 Å². The van der Waals surface area contributed by atoms with Crippen LogP contribution >= 0.6 is 0 Å². The molecule has 0 saturated heterocycles. The number of aryl methyl sites for hydroxylation is 1. The smallest absolute Gasteiger partial charge is 0.0659 e. The van der Waals surface area contributed by atoms with Crippen LogP contribution in [0.2, 0.25) is 0 Å². The molecular formula is C22H18N4. The third-order valence-electron chi connectivity index (χ3n) is 4.83. The van der Waals surface area contributed by atoms with Crippen molar-refractivity contribution in [2.45, 2.75) is 0 Å². The lowest BCUT2D eigenvalue weighted by Gasteiger charge is -1.97. The van der Waals surface area contributed by atoms with Crippen molar-refractivity contribution >= 4 is 29.7 Å². The van der Waals surface area contributed by atoms with Gasteiger partial charge in [-0.1, -0.05) is 0 Å². The summed E-state index contributed by atoms with van der Waals surface area (Å²) in [5.74, 6) is 0. The molecule has 0 fully saturated rings. The van der Waals surface area contributed by atoms with Gasteiger partial charge >= 0.3 is 0 Å². The van der Waals surface area contributed by atoms with Gasteiger partial charge in [-0.05, 0) is 72.4 Å². The minimum atomic E-state index is 0.927. The maximum atomic E-state index is 4.68. The van der Waals surface area contributed by atoms with Crippen molar-refractivity contribution in [3.63, 3.8) is 0 Å². The highest BCUT2D eigenvalue weighted by Gasteiger charge is 2.08. The van der Waals surface area contributed by atoms with E-state index in [1.165, 1.54) is 0 Å². The van der Waals surface area contributed by atoms with E-state index in [4.69, 9.17) is 0 Å². The number of rotatable bonds is 0. The number of aliphatic imine (C=N–C) groups is 2. The Morgan fingerprint density at radius 1 is 0.731 bits per heavy atom. The van der Waals surface area contributed by atoms with Gasteiger partial charge in [0.25, 0.3) is 0 Å². The molecule has 0 aromatic carbocycles. The average Bonchev–Trinajstić information content (AvgIpc) is 3.36. The van der Waals surface area contributed by atoms with Crippen molar-refractivity contribution < 1.29 is 0 Å². The predicted octanol–water partition coefficient (Wildman–Crippen LogP) is 2.23. The normalized spacial score (nSPS) is 17.3. The van der Waals surface area contributed by atoms with Crippen LogP contribution in [0.1, 0.15) is 11.3 Å². The van der Waals surface area contributed by atoms with Gasteiger partial charge in [0.2, 0.25) is 0 Å². The molecule has 126 valence electrons. The molecule has 5 heterocycles. The van der Waals surface area contributed by atoms with Gasteiger partial charge in [-0.2, -0.15) is 0 Å². The molecule has 0 saturated carbocycles. The molecule has 5 rings (SSSR count). The number of allylic oxidation sites excluding steroid dienone is 5. The predicted molar refractivity (Wildman–Crippen MR) is 107 cm³/mol. The number of fused-ring (bicyclic) bond motifs is 6. The Bertz CT molecular complexity index is 1230. The van der Waals surface area contributed by atoms with Crippen molar-refractivity contribution in [1.29, 1.82) is 0 Å². The summed E-state index contributed by atoms with van der Waals surface area (Å²) in [5.41, 5.74) is 6.07. The van der Waals surface area contributed by atoms with E-state index in [0.29, 0.717) is 0 Å². The van der Waals surface area contributed by atoms with Gasteiger partial charge in [-0.15, -0.1) is 0 Å². The zero-order valence-corrected chi connectivity index (χ0v) is 14.7. The molecule has 2 aromatic heterocycles. The molecule has 0 amide bonds. The van der Waals surface area contributed by atoms with E-state index in [1.54, 1.807) is 0 Å². The van der Waals surface area contributed by atoms with Crippen LogP contribution in [0.5, 0.6) is 0 Å². The first-order valence-corrected chi connectivity index (χ1v) is 8.63. The Morgan fingerprint density at radius 3 is 2.15 bits per heavy atom. The maximum absolute atomic E-state index is 4.68. The Kier molecular flexibility index (Phi) is 3.19. The summed E-state index contributed by atoms with van der Waals surface area (Å²) in [4.78, 5) is 9.36. The average molecular weight is 338 g/mol. The monoisotopic (exact) mass is 338 g/mol.